The number of aryl methyl sites for hydroxylation is 2. The van der Waals surface area contributed by atoms with Gasteiger partial charge in [0, 0.05) is 39.0 Å². The van der Waals surface area contributed by atoms with Crippen LogP contribution in [0.15, 0.2) is 36.7 Å². The Morgan fingerprint density at radius 3 is 2.93 bits per heavy atom. The van der Waals surface area contributed by atoms with Crippen LogP contribution < -0.4 is 0 Å². The lowest BCUT2D eigenvalue weighted by Crippen LogP contribution is -2.45. The second-order valence-corrected chi connectivity index (χ2v) is 8.59. The molecule has 0 unspecified atom stereocenters. The molecule has 29 heavy (non-hydrogen) atoms. The van der Waals surface area contributed by atoms with E-state index in [0.29, 0.717) is 12.4 Å². The first-order valence-corrected chi connectivity index (χ1v) is 10.8. The van der Waals surface area contributed by atoms with Crippen molar-refractivity contribution in [2.24, 2.45) is 13.0 Å². The maximum Gasteiger partial charge on any atom is 0.237 e. The van der Waals surface area contributed by atoms with E-state index in [2.05, 4.69) is 34.1 Å². The Morgan fingerprint density at radius 1 is 1.31 bits per heavy atom. The second kappa shape index (κ2) is 8.67. The van der Waals surface area contributed by atoms with Gasteiger partial charge in [0.2, 0.25) is 5.91 Å². The number of hydrogen-bond acceptors (Lipinski definition) is 4. The molecule has 1 aromatic heterocycles. The third-order valence-corrected chi connectivity index (χ3v) is 6.67. The van der Waals surface area contributed by atoms with Gasteiger partial charge in [-0.15, -0.1) is 0 Å². The number of imidazole rings is 1. The van der Waals surface area contributed by atoms with E-state index in [9.17, 15) is 9.90 Å². The number of aliphatic hydroxyl groups is 1. The van der Waals surface area contributed by atoms with Crippen molar-refractivity contribution < 1.29 is 9.90 Å². The van der Waals surface area contributed by atoms with Crippen LogP contribution in [-0.4, -0.2) is 57.0 Å². The topological polar surface area (TPSA) is 61.6 Å². The van der Waals surface area contributed by atoms with Gasteiger partial charge in [0.15, 0.2) is 0 Å². The Balaban J connectivity index is 1.39. The molecule has 1 aliphatic carbocycles. The number of rotatable bonds is 5. The van der Waals surface area contributed by atoms with Gasteiger partial charge in [-0.1, -0.05) is 24.3 Å². The molecule has 1 N–H and O–H groups in total. The van der Waals surface area contributed by atoms with E-state index in [0.717, 1.165) is 45.2 Å². The van der Waals surface area contributed by atoms with Crippen LogP contribution in [0.25, 0.3) is 0 Å². The van der Waals surface area contributed by atoms with E-state index >= 15 is 0 Å². The van der Waals surface area contributed by atoms with Crippen molar-refractivity contribution in [3.8, 4) is 0 Å². The SMILES string of the molecule is CN(C(=O)CN1CCC[C@H]([C@H](O)c2nccn2C)C1)[C@H]1CCCc2ccccc21. The summed E-state index contributed by atoms with van der Waals surface area (Å²) in [5.41, 5.74) is 2.68. The van der Waals surface area contributed by atoms with Crippen LogP contribution in [0, 0.1) is 5.92 Å². The van der Waals surface area contributed by atoms with E-state index in [1.54, 1.807) is 6.20 Å². The molecule has 1 aliphatic heterocycles. The number of benzene rings is 1. The largest absolute Gasteiger partial charge is 0.385 e. The predicted molar refractivity (Wildman–Crippen MR) is 112 cm³/mol. The first kappa shape index (κ1) is 20.1. The average Bonchev–Trinajstić information content (AvgIpc) is 3.18. The van der Waals surface area contributed by atoms with Crippen LogP contribution in [0.3, 0.4) is 0 Å². The lowest BCUT2D eigenvalue weighted by atomic mass is 9.87. The lowest BCUT2D eigenvalue weighted by molar-refractivity contribution is -0.134. The van der Waals surface area contributed by atoms with Crippen molar-refractivity contribution in [1.29, 1.82) is 0 Å². The van der Waals surface area contributed by atoms with Crippen molar-refractivity contribution in [1.82, 2.24) is 19.4 Å². The van der Waals surface area contributed by atoms with Gasteiger partial charge in [-0.2, -0.15) is 0 Å². The minimum absolute atomic E-state index is 0.110. The summed E-state index contributed by atoms with van der Waals surface area (Å²) in [4.78, 5) is 21.5. The molecule has 6 nitrogen and oxygen atoms in total. The number of likely N-dealkylation sites (N-methyl/N-ethyl adjacent to an activating group) is 1. The maximum absolute atomic E-state index is 13.1. The van der Waals surface area contributed by atoms with Crippen molar-refractivity contribution in [3.63, 3.8) is 0 Å². The highest BCUT2D eigenvalue weighted by Gasteiger charge is 2.32. The van der Waals surface area contributed by atoms with E-state index in [4.69, 9.17) is 0 Å². The van der Waals surface area contributed by atoms with Gasteiger partial charge < -0.3 is 14.6 Å². The monoisotopic (exact) mass is 396 g/mol. The van der Waals surface area contributed by atoms with Crippen molar-refractivity contribution in [3.05, 3.63) is 53.6 Å². The van der Waals surface area contributed by atoms with E-state index in [-0.39, 0.29) is 17.9 Å². The number of likely N-dealkylation sites (tertiary alicyclic amines) is 1. The quantitative estimate of drug-likeness (QED) is 0.844. The molecular formula is C23H32N4O2. The summed E-state index contributed by atoms with van der Waals surface area (Å²) in [7, 11) is 3.85. The third-order valence-electron chi connectivity index (χ3n) is 6.67. The molecule has 1 saturated heterocycles. The second-order valence-electron chi connectivity index (χ2n) is 8.59. The molecular weight excluding hydrogens is 364 g/mol. The van der Waals surface area contributed by atoms with Gasteiger partial charge in [-0.05, 0) is 49.8 Å². The molecule has 4 rings (SSSR count). The molecule has 0 saturated carbocycles. The fourth-order valence-corrected chi connectivity index (χ4v) is 4.97. The zero-order valence-electron chi connectivity index (χ0n) is 17.5. The van der Waals surface area contributed by atoms with E-state index in [1.807, 2.05) is 29.8 Å². The first-order chi connectivity index (χ1) is 14.0. The third kappa shape index (κ3) is 4.23. The van der Waals surface area contributed by atoms with Crippen LogP contribution in [-0.2, 0) is 18.3 Å². The molecule has 1 aromatic carbocycles. The first-order valence-electron chi connectivity index (χ1n) is 10.8. The highest BCUT2D eigenvalue weighted by molar-refractivity contribution is 5.78. The smallest absolute Gasteiger partial charge is 0.237 e. The number of hydrogen-bond donors (Lipinski definition) is 1. The summed E-state index contributed by atoms with van der Waals surface area (Å²) >= 11 is 0. The fraction of sp³-hybridized carbons (Fsp3) is 0.565. The zero-order chi connectivity index (χ0) is 20.4. The number of aliphatic hydroxyl groups excluding tert-OH is 1. The number of carbonyl (C=O) groups is 1. The predicted octanol–water partition coefficient (Wildman–Crippen LogP) is 2.70. The molecule has 0 spiro atoms. The number of amides is 1. The molecule has 2 heterocycles. The summed E-state index contributed by atoms with van der Waals surface area (Å²) in [5.74, 6) is 0.983. The summed E-state index contributed by atoms with van der Waals surface area (Å²) in [6.45, 7) is 2.05. The molecule has 3 atom stereocenters. The Hall–Kier alpha value is -2.18. The average molecular weight is 397 g/mol. The van der Waals surface area contributed by atoms with Crippen molar-refractivity contribution in [2.75, 3.05) is 26.7 Å². The summed E-state index contributed by atoms with van der Waals surface area (Å²) in [6, 6.07) is 8.69. The van der Waals surface area contributed by atoms with Gasteiger partial charge in [-0.25, -0.2) is 4.98 Å². The highest BCUT2D eigenvalue weighted by atomic mass is 16.3. The normalized spacial score (nSPS) is 23.4. The zero-order valence-corrected chi connectivity index (χ0v) is 17.5. The van der Waals surface area contributed by atoms with Crippen molar-refractivity contribution >= 4 is 5.91 Å². The molecule has 1 fully saturated rings. The molecule has 0 bridgehead atoms. The Kier molecular flexibility index (Phi) is 6.01. The standard InChI is InChI=1S/C23H32N4O2/c1-25-14-12-24-23(25)22(29)18-9-6-13-27(15-18)16-21(28)26(2)20-11-5-8-17-7-3-4-10-19(17)20/h3-4,7,10,12,14,18,20,22,29H,5-6,8-9,11,13,15-16H2,1-2H3/t18-,20-,22-/m0/s1. The number of nitrogens with zero attached hydrogens (tertiary/aromatic N) is 4. The van der Waals surface area contributed by atoms with Crippen LogP contribution in [0.2, 0.25) is 0 Å². The highest BCUT2D eigenvalue weighted by Crippen LogP contribution is 2.34. The Bertz CT molecular complexity index is 849. The van der Waals surface area contributed by atoms with E-state index in [1.165, 1.54) is 11.1 Å². The number of carbonyl (C=O) groups excluding carboxylic acids is 1. The van der Waals surface area contributed by atoms with E-state index < -0.39 is 6.10 Å². The Morgan fingerprint density at radius 2 is 2.14 bits per heavy atom. The maximum atomic E-state index is 13.1. The molecule has 6 heteroatoms. The Labute approximate surface area is 173 Å². The van der Waals surface area contributed by atoms with Gasteiger partial charge in [0.05, 0.1) is 12.6 Å². The molecule has 2 aromatic rings. The molecule has 1 amide bonds. The molecule has 156 valence electrons. The van der Waals surface area contributed by atoms with Crippen LogP contribution in [0.4, 0.5) is 0 Å². The lowest BCUT2D eigenvalue weighted by Gasteiger charge is -2.37. The number of fused-ring (bicyclic) bond motifs is 1. The minimum atomic E-state index is -0.587. The summed E-state index contributed by atoms with van der Waals surface area (Å²) in [5, 5.41) is 10.8. The summed E-state index contributed by atoms with van der Waals surface area (Å²) in [6.07, 6.45) is 8.21. The van der Waals surface area contributed by atoms with Crippen LogP contribution in [0.5, 0.6) is 0 Å². The molecule has 2 aliphatic rings. The van der Waals surface area contributed by atoms with Gasteiger partial charge in [0.25, 0.3) is 0 Å². The van der Waals surface area contributed by atoms with Crippen LogP contribution >= 0.6 is 0 Å². The summed E-state index contributed by atoms with van der Waals surface area (Å²) < 4.78 is 1.88. The molecule has 0 radical (unpaired) electrons. The van der Waals surface area contributed by atoms with Gasteiger partial charge in [-0.3, -0.25) is 9.69 Å². The van der Waals surface area contributed by atoms with Gasteiger partial charge in [0.1, 0.15) is 11.9 Å². The minimum Gasteiger partial charge on any atom is -0.385 e. The van der Waals surface area contributed by atoms with Gasteiger partial charge >= 0.3 is 0 Å². The fourth-order valence-electron chi connectivity index (χ4n) is 4.97. The number of piperidine rings is 1. The van der Waals surface area contributed by atoms with Crippen LogP contribution in [0.1, 0.15) is 54.8 Å². The van der Waals surface area contributed by atoms with Crippen molar-refractivity contribution in [2.45, 2.75) is 44.2 Å². The number of aromatic nitrogens is 2.